The summed E-state index contributed by atoms with van der Waals surface area (Å²) in [6.45, 7) is 0. The van der Waals surface area contributed by atoms with Gasteiger partial charge in [0.05, 0.1) is 0 Å². The fourth-order valence-corrected chi connectivity index (χ4v) is 0. The lowest BCUT2D eigenvalue weighted by molar-refractivity contribution is -0.170. The van der Waals surface area contributed by atoms with E-state index >= 15 is 0 Å². The molecule has 0 atom stereocenters. The first-order valence-electron chi connectivity index (χ1n) is 1.38. The average Bonchev–Trinajstić information content (AvgIpc) is 1.25. The van der Waals surface area contributed by atoms with Gasteiger partial charge in [-0.05, 0) is 0 Å². The molecule has 0 aromatic carbocycles. The van der Waals surface area contributed by atoms with Gasteiger partial charge in [-0.25, -0.2) is 0 Å². The molecule has 0 rings (SSSR count). The summed E-state index contributed by atoms with van der Waals surface area (Å²) in [6, 6.07) is 0. The molecule has 0 saturated heterocycles. The van der Waals surface area contributed by atoms with Crippen LogP contribution in [0.25, 0.3) is 0 Å². The van der Waals surface area contributed by atoms with Gasteiger partial charge in [-0.1, -0.05) is 23.2 Å². The molecule has 0 heterocycles. The first-order chi connectivity index (χ1) is 3.25. The zero-order valence-electron chi connectivity index (χ0n) is 3.77. The summed E-state index contributed by atoms with van der Waals surface area (Å²) in [5.74, 6) is 0. The number of hydrogen-bond donors (Lipinski definition) is 0. The first kappa shape index (κ1) is 12.0. The molecule has 4 radical (unpaired) electrons. The number of alkyl halides is 6. The van der Waals surface area contributed by atoms with E-state index < -0.39 is 10.8 Å². The zero-order chi connectivity index (χ0) is 7.00. The van der Waals surface area contributed by atoms with Crippen LogP contribution in [0.1, 0.15) is 0 Å². The van der Waals surface area contributed by atoms with Crippen molar-refractivity contribution in [2.45, 2.75) is 10.8 Å². The largest absolute Gasteiger partial charge is 0.452 e. The van der Waals surface area contributed by atoms with Crippen molar-refractivity contribution in [2.75, 3.05) is 0 Å². The fraction of sp³-hybridized carbons (Fsp3) is 0.667. The van der Waals surface area contributed by atoms with Gasteiger partial charge in [0, 0.05) is 7.43 Å². The molecule has 54 valence electrons. The van der Waals surface area contributed by atoms with E-state index in [2.05, 4.69) is 23.2 Å². The lowest BCUT2D eigenvalue weighted by Crippen LogP contribution is -2.28. The van der Waals surface area contributed by atoms with Crippen LogP contribution in [0.2, 0.25) is 0 Å². The molecule has 0 aromatic heterocycles. The van der Waals surface area contributed by atoms with Gasteiger partial charge >= 0.3 is 10.8 Å². The Bertz CT molecular complexity index is 68.8. The molecule has 0 amide bonds. The highest BCUT2D eigenvalue weighted by atomic mass is 35.5. The monoisotopic (exact) mass is 182 g/mol. The van der Waals surface area contributed by atoms with Crippen LogP contribution < -0.4 is 0 Å². The summed E-state index contributed by atoms with van der Waals surface area (Å²) in [4.78, 5) is 0. The van der Waals surface area contributed by atoms with E-state index in [4.69, 9.17) is 0 Å². The van der Waals surface area contributed by atoms with Crippen LogP contribution in [-0.4, -0.2) is 10.8 Å². The molecule has 9 heavy (non-hydrogen) atoms. The van der Waals surface area contributed by atoms with E-state index in [-0.39, 0.29) is 7.43 Å². The highest BCUT2D eigenvalue weighted by Gasteiger charge is 2.53. The quantitative estimate of drug-likeness (QED) is 0.400. The first-order valence-corrected chi connectivity index (χ1v) is 2.14. The van der Waals surface area contributed by atoms with Gasteiger partial charge in [0.2, 0.25) is 0 Å². The molecule has 0 N–H and O–H groups in total. The van der Waals surface area contributed by atoms with Gasteiger partial charge < -0.3 is 0 Å². The van der Waals surface area contributed by atoms with Crippen molar-refractivity contribution in [1.82, 2.24) is 0 Å². The van der Waals surface area contributed by atoms with E-state index in [9.17, 15) is 17.6 Å². The Labute approximate surface area is 59.7 Å². The maximum Gasteiger partial charge on any atom is 0.452 e. The Hall–Kier alpha value is 0.300. The number of hydrogen-bond acceptors (Lipinski definition) is 0. The minimum absolute atomic E-state index is 0. The predicted molar refractivity (Wildman–Crippen MR) is 24.8 cm³/mol. The Morgan fingerprint density at radius 1 is 0.889 bits per heavy atom. The smallest absolute Gasteiger partial charge is 0.198 e. The van der Waals surface area contributed by atoms with Crippen LogP contribution in [0.3, 0.4) is 0 Å². The van der Waals surface area contributed by atoms with Crippen molar-refractivity contribution in [1.29, 1.82) is 0 Å². The summed E-state index contributed by atoms with van der Waals surface area (Å²) in [6.07, 6.45) is -5.20. The minimum Gasteiger partial charge on any atom is -0.198 e. The van der Waals surface area contributed by atoms with Crippen LogP contribution >= 0.6 is 23.2 Å². The Morgan fingerprint density at radius 2 is 1.00 bits per heavy atom. The lowest BCUT2D eigenvalue weighted by atomic mass is 10.7. The molecule has 6 heteroatoms. The summed E-state index contributed by atoms with van der Waals surface area (Å²) < 4.78 is 40.0. The highest BCUT2D eigenvalue weighted by Crippen LogP contribution is 2.40. The highest BCUT2D eigenvalue weighted by molar-refractivity contribution is 6.47. The van der Waals surface area contributed by atoms with E-state index in [1.807, 2.05) is 0 Å². The third-order valence-electron chi connectivity index (χ3n) is 0.321. The van der Waals surface area contributed by atoms with Crippen molar-refractivity contribution in [3.8, 4) is 0 Å². The van der Waals surface area contributed by atoms with Crippen LogP contribution in [0.4, 0.5) is 17.6 Å². The topological polar surface area (TPSA) is 0 Å². The SMILES string of the molecule is FC(F)(F)C(F)(Cl)Cl.[C]. The summed E-state index contributed by atoms with van der Waals surface area (Å²) in [7, 11) is 0. The Kier molecular flexibility index (Phi) is 3.91. The van der Waals surface area contributed by atoms with E-state index in [1.54, 1.807) is 0 Å². The second-order valence-corrected chi connectivity index (χ2v) is 2.23. The maximum atomic E-state index is 11.3. The second kappa shape index (κ2) is 2.92. The van der Waals surface area contributed by atoms with E-state index in [1.165, 1.54) is 0 Å². The van der Waals surface area contributed by atoms with Crippen molar-refractivity contribution >= 4 is 23.2 Å². The molecule has 0 saturated carbocycles. The average molecular weight is 183 g/mol. The summed E-state index contributed by atoms with van der Waals surface area (Å²) in [5.41, 5.74) is 0. The third-order valence-corrected chi connectivity index (χ3v) is 0.750. The van der Waals surface area contributed by atoms with Gasteiger partial charge in [0.1, 0.15) is 0 Å². The second-order valence-electron chi connectivity index (χ2n) is 0.996. The molecule has 0 bridgehead atoms. The molecular formula is C3Cl2F4. The number of rotatable bonds is 0. The molecular weight excluding hydrogens is 183 g/mol. The third kappa shape index (κ3) is 3.81. The van der Waals surface area contributed by atoms with Gasteiger partial charge in [-0.3, -0.25) is 0 Å². The van der Waals surface area contributed by atoms with Crippen molar-refractivity contribution in [3.63, 3.8) is 0 Å². The van der Waals surface area contributed by atoms with Crippen LogP contribution in [0.5, 0.6) is 0 Å². The van der Waals surface area contributed by atoms with Gasteiger partial charge in [-0.15, -0.1) is 0 Å². The molecule has 0 aliphatic heterocycles. The molecule has 0 aromatic rings. The molecule has 0 unspecified atom stereocenters. The van der Waals surface area contributed by atoms with Crippen molar-refractivity contribution in [3.05, 3.63) is 7.43 Å². The van der Waals surface area contributed by atoms with Gasteiger partial charge in [-0.2, -0.15) is 17.6 Å². The summed E-state index contributed by atoms with van der Waals surface area (Å²) >= 11 is 7.97. The predicted octanol–water partition coefficient (Wildman–Crippen LogP) is 2.73. The van der Waals surface area contributed by atoms with Gasteiger partial charge in [0.15, 0.2) is 0 Å². The molecule has 0 nitrogen and oxygen atoms in total. The Balaban J connectivity index is 0. The maximum absolute atomic E-state index is 11.3. The van der Waals surface area contributed by atoms with E-state index in [0.29, 0.717) is 0 Å². The number of halogens is 6. The zero-order valence-corrected chi connectivity index (χ0v) is 5.28. The van der Waals surface area contributed by atoms with Crippen molar-refractivity contribution in [2.24, 2.45) is 0 Å². The van der Waals surface area contributed by atoms with Crippen LogP contribution in [-0.2, 0) is 0 Å². The lowest BCUT2D eigenvalue weighted by Gasteiger charge is -2.11. The fourth-order valence-electron chi connectivity index (χ4n) is 0. The standard InChI is InChI=1S/C2Cl2F4.C/c3-1(4,5)2(6,7)8;. The normalized spacial score (nSPS) is 12.7. The van der Waals surface area contributed by atoms with Crippen LogP contribution in [0, 0.1) is 7.43 Å². The minimum atomic E-state index is -5.20. The molecule has 0 fully saturated rings. The summed E-state index contributed by atoms with van der Waals surface area (Å²) in [5, 5.41) is 0. The van der Waals surface area contributed by atoms with Gasteiger partial charge in [0.25, 0.3) is 0 Å². The Morgan fingerprint density at radius 3 is 1.00 bits per heavy atom. The van der Waals surface area contributed by atoms with Crippen molar-refractivity contribution < 1.29 is 17.6 Å². The molecule has 0 aliphatic rings. The van der Waals surface area contributed by atoms with E-state index in [0.717, 1.165) is 0 Å². The molecule has 0 aliphatic carbocycles. The van der Waals surface area contributed by atoms with Crippen LogP contribution in [0.15, 0.2) is 0 Å². The molecule has 0 spiro atoms.